The first-order valence-corrected chi connectivity index (χ1v) is 10.2. The van der Waals surface area contributed by atoms with Crippen LogP contribution in [0.3, 0.4) is 0 Å². The molecule has 7 heteroatoms. The van der Waals surface area contributed by atoms with Gasteiger partial charge in [-0.15, -0.1) is 0 Å². The molecule has 0 N–H and O–H groups in total. The number of fused-ring (bicyclic) bond motifs is 1. The zero-order valence-electron chi connectivity index (χ0n) is 16.2. The van der Waals surface area contributed by atoms with Gasteiger partial charge in [0, 0.05) is 47.2 Å². The molecule has 2 heterocycles. The predicted octanol–water partition coefficient (Wildman–Crippen LogP) is 4.55. The maximum atomic E-state index is 13.8. The number of hydrogen-bond acceptors (Lipinski definition) is 3. The summed E-state index contributed by atoms with van der Waals surface area (Å²) >= 11 is 3.44. The van der Waals surface area contributed by atoms with Gasteiger partial charge in [-0.05, 0) is 49.7 Å². The number of furan rings is 1. The molecule has 0 saturated carbocycles. The van der Waals surface area contributed by atoms with Gasteiger partial charge in [-0.1, -0.05) is 22.0 Å². The number of benzene rings is 2. The van der Waals surface area contributed by atoms with Crippen LogP contribution in [0.5, 0.6) is 0 Å². The van der Waals surface area contributed by atoms with Crippen LogP contribution in [0.1, 0.15) is 32.0 Å². The minimum absolute atomic E-state index is 0.177. The van der Waals surface area contributed by atoms with Crippen LogP contribution in [0.4, 0.5) is 4.39 Å². The van der Waals surface area contributed by atoms with E-state index in [1.54, 1.807) is 28.9 Å². The monoisotopic (exact) mass is 458 g/mol. The first-order valence-electron chi connectivity index (χ1n) is 9.38. The molecule has 0 atom stereocenters. The van der Waals surface area contributed by atoms with E-state index in [1.165, 1.54) is 6.07 Å². The number of halogens is 2. The summed E-state index contributed by atoms with van der Waals surface area (Å²) in [5, 5.41) is 0.901. The lowest BCUT2D eigenvalue weighted by Gasteiger charge is -2.34. The number of carbonyl (C=O) groups is 2. The maximum Gasteiger partial charge on any atom is 0.290 e. The van der Waals surface area contributed by atoms with Gasteiger partial charge in [0.2, 0.25) is 0 Å². The molecule has 2 aromatic carbocycles. The van der Waals surface area contributed by atoms with Gasteiger partial charge in [0.15, 0.2) is 5.76 Å². The van der Waals surface area contributed by atoms with Gasteiger partial charge in [-0.25, -0.2) is 4.39 Å². The fourth-order valence-corrected chi connectivity index (χ4v) is 3.92. The molecule has 0 aliphatic carbocycles. The molecule has 29 heavy (non-hydrogen) atoms. The molecule has 1 saturated heterocycles. The molecule has 1 aliphatic heterocycles. The normalized spacial score (nSPS) is 14.5. The van der Waals surface area contributed by atoms with Crippen LogP contribution in [0.2, 0.25) is 0 Å². The Bertz CT molecular complexity index is 1120. The van der Waals surface area contributed by atoms with Crippen molar-refractivity contribution in [3.05, 3.63) is 69.1 Å². The van der Waals surface area contributed by atoms with Gasteiger partial charge < -0.3 is 14.2 Å². The van der Waals surface area contributed by atoms with Crippen LogP contribution in [0.15, 0.2) is 45.3 Å². The smallest absolute Gasteiger partial charge is 0.290 e. The van der Waals surface area contributed by atoms with Crippen LogP contribution in [-0.2, 0) is 0 Å². The summed E-state index contributed by atoms with van der Waals surface area (Å²) in [5.74, 6) is -0.459. The number of hydrogen-bond donors (Lipinski definition) is 0. The minimum Gasteiger partial charge on any atom is -0.451 e. The third-order valence-corrected chi connectivity index (χ3v) is 5.86. The predicted molar refractivity (Wildman–Crippen MR) is 112 cm³/mol. The van der Waals surface area contributed by atoms with E-state index in [-0.39, 0.29) is 11.8 Å². The van der Waals surface area contributed by atoms with Gasteiger partial charge in [-0.2, -0.15) is 0 Å². The Morgan fingerprint density at radius 1 is 0.966 bits per heavy atom. The number of nitrogens with zero attached hydrogens (tertiary/aromatic N) is 2. The molecular formula is C22H20BrFN2O3. The average Bonchev–Trinajstić information content (AvgIpc) is 3.05. The van der Waals surface area contributed by atoms with Crippen LogP contribution in [0, 0.1) is 19.7 Å². The Morgan fingerprint density at radius 2 is 1.62 bits per heavy atom. The molecule has 5 nitrogen and oxygen atoms in total. The molecule has 4 rings (SSSR count). The Kier molecular flexibility index (Phi) is 5.17. The van der Waals surface area contributed by atoms with E-state index in [1.807, 2.05) is 25.1 Å². The number of rotatable bonds is 2. The SMILES string of the molecule is Cc1ccc(C(=O)N2CCN(C(=O)c3oc4ccc(Br)cc4c3C)CC2)cc1F. The first kappa shape index (κ1) is 19.6. The quantitative estimate of drug-likeness (QED) is 0.565. The zero-order valence-corrected chi connectivity index (χ0v) is 17.8. The van der Waals surface area contributed by atoms with E-state index in [4.69, 9.17) is 4.42 Å². The molecule has 1 aromatic heterocycles. The summed E-state index contributed by atoms with van der Waals surface area (Å²) < 4.78 is 20.5. The topological polar surface area (TPSA) is 53.8 Å². The average molecular weight is 459 g/mol. The summed E-state index contributed by atoms with van der Waals surface area (Å²) in [6.07, 6.45) is 0. The molecule has 1 fully saturated rings. The van der Waals surface area contributed by atoms with Gasteiger partial charge in [0.1, 0.15) is 11.4 Å². The maximum absolute atomic E-state index is 13.8. The molecule has 2 amide bonds. The highest BCUT2D eigenvalue weighted by Crippen LogP contribution is 2.29. The number of piperazine rings is 1. The van der Waals surface area contributed by atoms with Crippen molar-refractivity contribution >= 4 is 38.7 Å². The minimum atomic E-state index is -0.392. The highest BCUT2D eigenvalue weighted by atomic mass is 79.9. The Balaban J connectivity index is 1.47. The number of carbonyl (C=O) groups excluding carboxylic acids is 2. The zero-order chi connectivity index (χ0) is 20.7. The van der Waals surface area contributed by atoms with E-state index in [9.17, 15) is 14.0 Å². The van der Waals surface area contributed by atoms with Crippen LogP contribution >= 0.6 is 15.9 Å². The first-order chi connectivity index (χ1) is 13.8. The highest BCUT2D eigenvalue weighted by molar-refractivity contribution is 9.10. The van der Waals surface area contributed by atoms with Crippen molar-refractivity contribution in [2.45, 2.75) is 13.8 Å². The van der Waals surface area contributed by atoms with Crippen LogP contribution in [0.25, 0.3) is 11.0 Å². The fourth-order valence-electron chi connectivity index (χ4n) is 3.56. The van der Waals surface area contributed by atoms with E-state index >= 15 is 0 Å². The van der Waals surface area contributed by atoms with E-state index in [0.29, 0.717) is 48.6 Å². The lowest BCUT2D eigenvalue weighted by molar-refractivity contribution is 0.0518. The van der Waals surface area contributed by atoms with Crippen molar-refractivity contribution in [3.63, 3.8) is 0 Å². The van der Waals surface area contributed by atoms with E-state index in [2.05, 4.69) is 15.9 Å². The second-order valence-electron chi connectivity index (χ2n) is 7.25. The fraction of sp³-hybridized carbons (Fsp3) is 0.273. The lowest BCUT2D eigenvalue weighted by atomic mass is 10.1. The number of amides is 2. The van der Waals surface area contributed by atoms with Crippen LogP contribution in [-0.4, -0.2) is 47.8 Å². The van der Waals surface area contributed by atoms with Gasteiger partial charge in [0.25, 0.3) is 11.8 Å². The van der Waals surface area contributed by atoms with Crippen molar-refractivity contribution in [2.75, 3.05) is 26.2 Å². The second kappa shape index (κ2) is 7.63. The Morgan fingerprint density at radius 3 is 2.28 bits per heavy atom. The second-order valence-corrected chi connectivity index (χ2v) is 8.16. The van der Waals surface area contributed by atoms with Crippen molar-refractivity contribution < 1.29 is 18.4 Å². The largest absolute Gasteiger partial charge is 0.451 e. The molecule has 0 spiro atoms. The van der Waals surface area contributed by atoms with Crippen LogP contribution < -0.4 is 0 Å². The molecule has 0 bridgehead atoms. The van der Waals surface area contributed by atoms with Crippen molar-refractivity contribution in [3.8, 4) is 0 Å². The third kappa shape index (κ3) is 3.67. The highest BCUT2D eigenvalue weighted by Gasteiger charge is 2.29. The molecule has 3 aromatic rings. The van der Waals surface area contributed by atoms with Gasteiger partial charge in [-0.3, -0.25) is 9.59 Å². The third-order valence-electron chi connectivity index (χ3n) is 5.37. The molecular weight excluding hydrogens is 439 g/mol. The summed E-state index contributed by atoms with van der Waals surface area (Å²) in [4.78, 5) is 29.0. The summed E-state index contributed by atoms with van der Waals surface area (Å²) in [5.41, 5.74) is 2.31. The standard InChI is InChI=1S/C22H20BrFN2O3/c1-13-3-4-15(11-18(13)24)21(27)25-7-9-26(10-8-25)22(28)20-14(2)17-12-16(23)5-6-19(17)29-20/h3-6,11-12H,7-10H2,1-2H3. The molecule has 150 valence electrons. The van der Waals surface area contributed by atoms with Gasteiger partial charge >= 0.3 is 0 Å². The van der Waals surface area contributed by atoms with Crippen molar-refractivity contribution in [1.29, 1.82) is 0 Å². The van der Waals surface area contributed by atoms with Crippen molar-refractivity contribution in [2.24, 2.45) is 0 Å². The summed E-state index contributed by atoms with van der Waals surface area (Å²) in [7, 11) is 0. The summed E-state index contributed by atoms with van der Waals surface area (Å²) in [6, 6.07) is 10.1. The lowest BCUT2D eigenvalue weighted by Crippen LogP contribution is -2.50. The Hall–Kier alpha value is -2.67. The van der Waals surface area contributed by atoms with E-state index < -0.39 is 5.82 Å². The van der Waals surface area contributed by atoms with Gasteiger partial charge in [0.05, 0.1) is 0 Å². The van der Waals surface area contributed by atoms with Crippen molar-refractivity contribution in [1.82, 2.24) is 9.80 Å². The molecule has 1 aliphatic rings. The summed E-state index contributed by atoms with van der Waals surface area (Å²) in [6.45, 7) is 5.12. The molecule has 0 radical (unpaired) electrons. The molecule has 0 unspecified atom stereocenters. The van der Waals surface area contributed by atoms with E-state index in [0.717, 1.165) is 15.4 Å². The number of aryl methyl sites for hydroxylation is 2. The Labute approximate surface area is 176 Å².